The predicted octanol–water partition coefficient (Wildman–Crippen LogP) is -2.07. The van der Waals surface area contributed by atoms with Crippen LogP contribution in [0.15, 0.2) is 36.5 Å². The van der Waals surface area contributed by atoms with Gasteiger partial charge in [0, 0.05) is 16.7 Å². The third-order valence-corrected chi connectivity index (χ3v) is 5.13. The minimum Gasteiger partial charge on any atom is -0.460 e. The lowest BCUT2D eigenvalue weighted by molar-refractivity contribution is -0.186. The maximum atomic E-state index is 11.6. The molecular formula is C27H44O15. The van der Waals surface area contributed by atoms with E-state index in [4.69, 9.17) is 28.4 Å². The molecule has 0 bridgehead atoms. The quantitative estimate of drug-likeness (QED) is 0.0416. The van der Waals surface area contributed by atoms with E-state index in [2.05, 4.69) is 19.7 Å². The molecule has 0 rings (SSSR count). The van der Waals surface area contributed by atoms with Crippen molar-refractivity contribution in [2.24, 2.45) is 0 Å². The van der Waals surface area contributed by atoms with E-state index < -0.39 is 107 Å². The van der Waals surface area contributed by atoms with E-state index in [1.165, 1.54) is 20.8 Å². The van der Waals surface area contributed by atoms with Crippen LogP contribution in [0.4, 0.5) is 0 Å². The van der Waals surface area contributed by atoms with Gasteiger partial charge in [-0.3, -0.25) is 0 Å². The van der Waals surface area contributed by atoms with Gasteiger partial charge in [-0.1, -0.05) is 19.7 Å². The van der Waals surface area contributed by atoms with Gasteiger partial charge in [0.15, 0.2) is 0 Å². The van der Waals surface area contributed by atoms with Gasteiger partial charge in [0.05, 0.1) is 33.0 Å². The summed E-state index contributed by atoms with van der Waals surface area (Å²) in [6.45, 7) is 10.3. The Bertz CT molecular complexity index is 889. The highest BCUT2D eigenvalue weighted by atomic mass is 16.6. The summed E-state index contributed by atoms with van der Waals surface area (Å²) in [6.07, 6.45) is -10.4. The highest BCUT2D eigenvalue weighted by molar-refractivity contribution is 5.87. The summed E-state index contributed by atoms with van der Waals surface area (Å²) in [7, 11) is 0. The molecule has 0 aromatic rings. The zero-order valence-electron chi connectivity index (χ0n) is 24.2. The number of aliphatic hydroxyl groups excluding tert-OH is 6. The lowest BCUT2D eigenvalue weighted by Crippen LogP contribution is -2.51. The second-order valence-electron chi connectivity index (χ2n) is 9.55. The maximum absolute atomic E-state index is 11.6. The number of hydrogen-bond donors (Lipinski definition) is 6. The van der Waals surface area contributed by atoms with E-state index in [9.17, 15) is 45.0 Å². The van der Waals surface area contributed by atoms with Crippen LogP contribution in [0.2, 0.25) is 0 Å². The molecule has 0 spiro atoms. The summed E-state index contributed by atoms with van der Waals surface area (Å²) >= 11 is 0. The third kappa shape index (κ3) is 16.6. The number of esters is 3. The van der Waals surface area contributed by atoms with E-state index in [1.54, 1.807) is 0 Å². The number of hydrogen-bond acceptors (Lipinski definition) is 15. The summed E-state index contributed by atoms with van der Waals surface area (Å²) in [5.74, 6) is -2.21. The minimum atomic E-state index is -1.82. The first-order valence-electron chi connectivity index (χ1n) is 12.9. The van der Waals surface area contributed by atoms with Gasteiger partial charge in [0.2, 0.25) is 0 Å². The smallest absolute Gasteiger partial charge is 0.333 e. The van der Waals surface area contributed by atoms with Gasteiger partial charge in [-0.25, -0.2) is 14.4 Å². The average molecular weight is 609 g/mol. The monoisotopic (exact) mass is 608 g/mol. The fourth-order valence-corrected chi connectivity index (χ4v) is 2.81. The first-order chi connectivity index (χ1) is 19.6. The van der Waals surface area contributed by atoms with Gasteiger partial charge in [0.1, 0.15) is 62.5 Å². The van der Waals surface area contributed by atoms with Gasteiger partial charge >= 0.3 is 17.9 Å². The Hall–Kier alpha value is -2.73. The second kappa shape index (κ2) is 21.0. The standard InChI is InChI=1S/C27H44O15/c1-15(2)25(34)40-11-18(29)8-37-14-21(32)23(33)24(39-10-20(31)13-42-27(36)17(5)6)22(7-28)38-9-19(30)12-41-26(35)16(3)4/h18-24,28-33H,1,3,5,7-14H2,2,4,6H3. The molecule has 6 N–H and O–H groups in total. The fourth-order valence-electron chi connectivity index (χ4n) is 2.81. The number of ether oxygens (including phenoxy) is 6. The third-order valence-electron chi connectivity index (χ3n) is 5.13. The molecule has 0 aliphatic heterocycles. The fraction of sp³-hybridized carbons (Fsp3) is 0.667. The molecule has 0 fully saturated rings. The lowest BCUT2D eigenvalue weighted by Gasteiger charge is -2.33. The molecule has 0 saturated carbocycles. The molecule has 0 amide bonds. The van der Waals surface area contributed by atoms with Crippen molar-refractivity contribution >= 4 is 17.9 Å². The molecule has 0 heterocycles. The summed E-state index contributed by atoms with van der Waals surface area (Å²) < 4.78 is 30.6. The van der Waals surface area contributed by atoms with Crippen LogP contribution >= 0.6 is 0 Å². The molecule has 0 saturated heterocycles. The molecule has 0 radical (unpaired) electrons. The zero-order valence-corrected chi connectivity index (χ0v) is 24.2. The van der Waals surface area contributed by atoms with Crippen LogP contribution < -0.4 is 0 Å². The number of carbonyl (C=O) groups excluding carboxylic acids is 3. The van der Waals surface area contributed by atoms with Gasteiger partial charge in [-0.05, 0) is 20.8 Å². The van der Waals surface area contributed by atoms with E-state index in [0.717, 1.165) is 0 Å². The largest absolute Gasteiger partial charge is 0.460 e. The van der Waals surface area contributed by atoms with Crippen molar-refractivity contribution in [3.8, 4) is 0 Å². The van der Waals surface area contributed by atoms with Crippen molar-refractivity contribution in [3.63, 3.8) is 0 Å². The van der Waals surface area contributed by atoms with Crippen LogP contribution in [-0.4, -0.2) is 144 Å². The van der Waals surface area contributed by atoms with Crippen LogP contribution in [0.3, 0.4) is 0 Å². The van der Waals surface area contributed by atoms with E-state index >= 15 is 0 Å². The second-order valence-corrected chi connectivity index (χ2v) is 9.55. The summed E-state index contributed by atoms with van der Waals surface area (Å²) in [5.41, 5.74) is 0.338. The maximum Gasteiger partial charge on any atom is 0.333 e. The molecule has 242 valence electrons. The number of carbonyl (C=O) groups is 3. The average Bonchev–Trinajstić information content (AvgIpc) is 2.93. The van der Waals surface area contributed by atoms with Gasteiger partial charge in [-0.15, -0.1) is 0 Å². The molecule has 0 aromatic carbocycles. The van der Waals surface area contributed by atoms with Gasteiger partial charge in [-0.2, -0.15) is 0 Å². The topological polar surface area (TPSA) is 228 Å². The molecule has 7 atom stereocenters. The van der Waals surface area contributed by atoms with Crippen molar-refractivity contribution in [2.75, 3.05) is 52.9 Å². The van der Waals surface area contributed by atoms with Crippen LogP contribution in [-0.2, 0) is 42.8 Å². The highest BCUT2D eigenvalue weighted by Gasteiger charge is 2.35. The van der Waals surface area contributed by atoms with Crippen molar-refractivity contribution in [1.29, 1.82) is 0 Å². The number of rotatable bonds is 23. The zero-order chi connectivity index (χ0) is 32.4. The van der Waals surface area contributed by atoms with Gasteiger partial charge in [0.25, 0.3) is 0 Å². The van der Waals surface area contributed by atoms with Crippen molar-refractivity contribution in [3.05, 3.63) is 36.5 Å². The van der Waals surface area contributed by atoms with Crippen molar-refractivity contribution in [2.45, 2.75) is 63.5 Å². The normalized spacial score (nSPS) is 16.2. The first kappa shape index (κ1) is 39.3. The minimum absolute atomic E-state index is 0.0971. The Morgan fingerprint density at radius 2 is 0.976 bits per heavy atom. The van der Waals surface area contributed by atoms with Crippen LogP contribution in [0, 0.1) is 0 Å². The summed E-state index contributed by atoms with van der Waals surface area (Å²) in [6, 6.07) is 0. The Balaban J connectivity index is 5.25. The van der Waals surface area contributed by atoms with Gasteiger partial charge < -0.3 is 59.1 Å². The Morgan fingerprint density at radius 1 is 0.595 bits per heavy atom. The Labute approximate surface area is 244 Å². The van der Waals surface area contributed by atoms with E-state index in [-0.39, 0.29) is 23.3 Å². The SMILES string of the molecule is C=C(C)C(=O)OCC(O)COCC(O)C(O)C(OCC(O)COC(=O)C(=C)C)C(CO)OCC(O)COC(=O)C(=C)C. The molecule has 15 nitrogen and oxygen atoms in total. The lowest BCUT2D eigenvalue weighted by atomic mass is 10.0. The van der Waals surface area contributed by atoms with Crippen LogP contribution in [0.25, 0.3) is 0 Å². The van der Waals surface area contributed by atoms with Crippen LogP contribution in [0.1, 0.15) is 20.8 Å². The Morgan fingerprint density at radius 3 is 1.36 bits per heavy atom. The van der Waals surface area contributed by atoms with Crippen molar-refractivity contribution < 1.29 is 73.4 Å². The van der Waals surface area contributed by atoms with E-state index in [1.807, 2.05) is 0 Å². The molecule has 0 aliphatic rings. The molecule has 0 aromatic heterocycles. The van der Waals surface area contributed by atoms with Crippen LogP contribution in [0.5, 0.6) is 0 Å². The van der Waals surface area contributed by atoms with Crippen molar-refractivity contribution in [1.82, 2.24) is 0 Å². The molecular weight excluding hydrogens is 564 g/mol. The molecule has 7 unspecified atom stereocenters. The number of aliphatic hydroxyl groups is 6. The highest BCUT2D eigenvalue weighted by Crippen LogP contribution is 2.15. The first-order valence-corrected chi connectivity index (χ1v) is 12.9. The Kier molecular flexibility index (Phi) is 19.7. The summed E-state index contributed by atoms with van der Waals surface area (Å²) in [5, 5.41) is 61.3. The molecule has 15 heteroatoms. The molecule has 0 aliphatic carbocycles. The summed E-state index contributed by atoms with van der Waals surface area (Å²) in [4.78, 5) is 34.5. The van der Waals surface area contributed by atoms with E-state index in [0.29, 0.717) is 0 Å². The predicted molar refractivity (Wildman–Crippen MR) is 145 cm³/mol. The molecule has 42 heavy (non-hydrogen) atoms.